The van der Waals surface area contributed by atoms with E-state index in [-0.39, 0.29) is 0 Å². The maximum Gasteiger partial charge on any atom is 0.136 e. The molecule has 0 aliphatic heterocycles. The summed E-state index contributed by atoms with van der Waals surface area (Å²) in [6.07, 6.45) is 0. The molecule has 0 N–H and O–H groups in total. The van der Waals surface area contributed by atoms with E-state index >= 15 is 0 Å². The number of anilines is 3. The van der Waals surface area contributed by atoms with Crippen molar-refractivity contribution in [2.24, 2.45) is 0 Å². The minimum absolute atomic E-state index is 0.904. The Kier molecular flexibility index (Phi) is 6.84. The molecule has 8 aromatic carbocycles. The molecule has 0 saturated heterocycles. The van der Waals surface area contributed by atoms with E-state index < -0.39 is 0 Å². The lowest BCUT2D eigenvalue weighted by Gasteiger charge is -2.26. The third-order valence-electron chi connectivity index (χ3n) is 9.29. The first-order chi connectivity index (χ1) is 23.8. The van der Waals surface area contributed by atoms with Crippen molar-refractivity contribution in [3.05, 3.63) is 188 Å². The van der Waals surface area contributed by atoms with Gasteiger partial charge in [-0.1, -0.05) is 133 Å². The van der Waals surface area contributed by atoms with Gasteiger partial charge < -0.3 is 9.32 Å². The zero-order chi connectivity index (χ0) is 31.9. The molecule has 48 heavy (non-hydrogen) atoms. The van der Waals surface area contributed by atoms with Crippen LogP contribution in [-0.4, -0.2) is 0 Å². The van der Waals surface area contributed by atoms with Crippen LogP contribution in [0.25, 0.3) is 66.1 Å². The standard InChI is InChI=1S/C46H31NO/c1-3-9-32(10-4-1)34-15-23-39(24-16-34)47(40-25-17-35(18-26-40)33-11-5-2-6-12-33)41-27-19-36(20-28-41)38-21-29-43-45(31-38)48-44-30-22-37-13-7-8-14-42(37)46(43)44/h1-31H. The summed E-state index contributed by atoms with van der Waals surface area (Å²) in [5.41, 5.74) is 12.2. The topological polar surface area (TPSA) is 16.4 Å². The van der Waals surface area contributed by atoms with Crippen LogP contribution in [0.4, 0.5) is 17.1 Å². The van der Waals surface area contributed by atoms with E-state index in [1.165, 1.54) is 38.4 Å². The summed E-state index contributed by atoms with van der Waals surface area (Å²) in [4.78, 5) is 2.32. The Morgan fingerprint density at radius 2 is 0.771 bits per heavy atom. The molecule has 0 spiro atoms. The SMILES string of the molecule is c1ccc(-c2ccc(N(c3ccc(-c4ccccc4)cc3)c3ccc(-c4ccc5c(c4)oc4ccc6ccccc6c45)cc3)cc2)cc1. The molecule has 2 nitrogen and oxygen atoms in total. The molecule has 9 aromatic rings. The number of benzene rings is 8. The largest absolute Gasteiger partial charge is 0.456 e. The molecule has 0 saturated carbocycles. The monoisotopic (exact) mass is 613 g/mol. The zero-order valence-electron chi connectivity index (χ0n) is 26.3. The van der Waals surface area contributed by atoms with Gasteiger partial charge in [0.05, 0.1) is 0 Å². The minimum atomic E-state index is 0.904. The second kappa shape index (κ2) is 11.8. The van der Waals surface area contributed by atoms with Crippen LogP contribution < -0.4 is 4.90 Å². The highest BCUT2D eigenvalue weighted by atomic mass is 16.3. The molecule has 0 radical (unpaired) electrons. The molecule has 0 aliphatic carbocycles. The Balaban J connectivity index is 1.09. The van der Waals surface area contributed by atoms with E-state index in [1.807, 2.05) is 0 Å². The Hall–Kier alpha value is -6.38. The average molecular weight is 614 g/mol. The summed E-state index contributed by atoms with van der Waals surface area (Å²) in [5.74, 6) is 0. The molecule has 1 heterocycles. The van der Waals surface area contributed by atoms with Gasteiger partial charge in [0.2, 0.25) is 0 Å². The molecule has 0 aliphatic rings. The maximum absolute atomic E-state index is 6.38. The summed E-state index contributed by atoms with van der Waals surface area (Å²) in [5, 5.41) is 4.77. The fourth-order valence-electron chi connectivity index (χ4n) is 6.84. The molecule has 0 amide bonds. The average Bonchev–Trinajstić information content (AvgIpc) is 3.55. The Morgan fingerprint density at radius 1 is 0.312 bits per heavy atom. The second-order valence-corrected chi connectivity index (χ2v) is 12.2. The highest BCUT2D eigenvalue weighted by Gasteiger charge is 2.15. The van der Waals surface area contributed by atoms with Crippen LogP contribution in [0.5, 0.6) is 0 Å². The van der Waals surface area contributed by atoms with E-state index in [0.717, 1.165) is 44.7 Å². The molecular weight excluding hydrogens is 583 g/mol. The fourth-order valence-corrected chi connectivity index (χ4v) is 6.84. The lowest BCUT2D eigenvalue weighted by molar-refractivity contribution is 0.669. The van der Waals surface area contributed by atoms with Crippen LogP contribution >= 0.6 is 0 Å². The van der Waals surface area contributed by atoms with Gasteiger partial charge in [-0.2, -0.15) is 0 Å². The third-order valence-corrected chi connectivity index (χ3v) is 9.29. The minimum Gasteiger partial charge on any atom is -0.456 e. The highest BCUT2D eigenvalue weighted by Crippen LogP contribution is 2.39. The molecule has 2 heteroatoms. The molecule has 0 bridgehead atoms. The van der Waals surface area contributed by atoms with Crippen molar-refractivity contribution in [1.82, 2.24) is 0 Å². The number of hydrogen-bond acceptors (Lipinski definition) is 2. The van der Waals surface area contributed by atoms with E-state index in [2.05, 4.69) is 193 Å². The van der Waals surface area contributed by atoms with Crippen LogP contribution in [-0.2, 0) is 0 Å². The summed E-state index contributed by atoms with van der Waals surface area (Å²) >= 11 is 0. The molecule has 9 rings (SSSR count). The Labute approximate surface area is 279 Å². The van der Waals surface area contributed by atoms with Crippen LogP contribution in [0.2, 0.25) is 0 Å². The lowest BCUT2D eigenvalue weighted by atomic mass is 10.0. The van der Waals surface area contributed by atoms with Crippen molar-refractivity contribution in [3.8, 4) is 33.4 Å². The number of fused-ring (bicyclic) bond motifs is 5. The van der Waals surface area contributed by atoms with Crippen molar-refractivity contribution in [2.45, 2.75) is 0 Å². The molecule has 1 aromatic heterocycles. The maximum atomic E-state index is 6.38. The van der Waals surface area contributed by atoms with Gasteiger partial charge in [0.25, 0.3) is 0 Å². The fraction of sp³-hybridized carbons (Fsp3) is 0. The smallest absolute Gasteiger partial charge is 0.136 e. The summed E-state index contributed by atoms with van der Waals surface area (Å²) < 4.78 is 6.38. The quantitative estimate of drug-likeness (QED) is 0.185. The molecule has 0 atom stereocenters. The predicted octanol–water partition coefficient (Wildman–Crippen LogP) is 13.2. The van der Waals surface area contributed by atoms with Crippen LogP contribution in [0.15, 0.2) is 192 Å². The van der Waals surface area contributed by atoms with Gasteiger partial charge in [0.15, 0.2) is 0 Å². The predicted molar refractivity (Wildman–Crippen MR) is 202 cm³/mol. The van der Waals surface area contributed by atoms with Crippen LogP contribution in [0.3, 0.4) is 0 Å². The number of hydrogen-bond donors (Lipinski definition) is 0. The lowest BCUT2D eigenvalue weighted by Crippen LogP contribution is -2.09. The van der Waals surface area contributed by atoms with Gasteiger partial charge in [-0.25, -0.2) is 0 Å². The first kappa shape index (κ1) is 27.9. The van der Waals surface area contributed by atoms with Gasteiger partial charge >= 0.3 is 0 Å². The van der Waals surface area contributed by atoms with E-state index in [1.54, 1.807) is 0 Å². The highest BCUT2D eigenvalue weighted by molar-refractivity contribution is 6.19. The summed E-state index contributed by atoms with van der Waals surface area (Å²) in [7, 11) is 0. The first-order valence-corrected chi connectivity index (χ1v) is 16.3. The number of furan rings is 1. The molecular formula is C46H31NO. The van der Waals surface area contributed by atoms with E-state index in [4.69, 9.17) is 4.42 Å². The van der Waals surface area contributed by atoms with Crippen molar-refractivity contribution in [3.63, 3.8) is 0 Å². The Morgan fingerprint density at radius 3 is 1.33 bits per heavy atom. The molecule has 226 valence electrons. The van der Waals surface area contributed by atoms with E-state index in [9.17, 15) is 0 Å². The van der Waals surface area contributed by atoms with Gasteiger partial charge in [0.1, 0.15) is 11.2 Å². The van der Waals surface area contributed by atoms with Crippen molar-refractivity contribution in [1.29, 1.82) is 0 Å². The van der Waals surface area contributed by atoms with Gasteiger partial charge in [0, 0.05) is 27.8 Å². The van der Waals surface area contributed by atoms with Gasteiger partial charge in [-0.05, 0) is 98.8 Å². The van der Waals surface area contributed by atoms with Crippen LogP contribution in [0.1, 0.15) is 0 Å². The summed E-state index contributed by atoms with van der Waals surface area (Å²) in [6, 6.07) is 66.8. The second-order valence-electron chi connectivity index (χ2n) is 12.2. The third kappa shape index (κ3) is 5.01. The van der Waals surface area contributed by atoms with Crippen molar-refractivity contribution < 1.29 is 4.42 Å². The van der Waals surface area contributed by atoms with Crippen LogP contribution in [0, 0.1) is 0 Å². The van der Waals surface area contributed by atoms with Crippen molar-refractivity contribution >= 4 is 49.8 Å². The Bertz CT molecular complexity index is 2430. The van der Waals surface area contributed by atoms with Gasteiger partial charge in [-0.3, -0.25) is 0 Å². The zero-order valence-corrected chi connectivity index (χ0v) is 26.3. The van der Waals surface area contributed by atoms with Crippen molar-refractivity contribution in [2.75, 3.05) is 4.90 Å². The number of rotatable bonds is 6. The normalized spacial score (nSPS) is 11.3. The molecule has 0 unspecified atom stereocenters. The van der Waals surface area contributed by atoms with Gasteiger partial charge in [-0.15, -0.1) is 0 Å². The first-order valence-electron chi connectivity index (χ1n) is 16.3. The summed E-state index contributed by atoms with van der Waals surface area (Å²) in [6.45, 7) is 0. The molecule has 0 fully saturated rings. The number of nitrogens with zero attached hydrogens (tertiary/aromatic N) is 1. The van der Waals surface area contributed by atoms with E-state index in [0.29, 0.717) is 0 Å².